The molecule has 1 N–H and O–H groups in total. The van der Waals surface area contributed by atoms with Crippen molar-refractivity contribution >= 4 is 11.8 Å². The first kappa shape index (κ1) is 17.4. The second-order valence-corrected chi connectivity index (χ2v) is 9.46. The fourth-order valence-corrected chi connectivity index (χ4v) is 6.53. The molecule has 3 fully saturated rings. The van der Waals surface area contributed by atoms with Gasteiger partial charge in [0.15, 0.2) is 0 Å². The molecule has 4 aliphatic rings. The summed E-state index contributed by atoms with van der Waals surface area (Å²) in [5, 5.41) is 11.1. The molecule has 1 spiro atoms. The van der Waals surface area contributed by atoms with Crippen LogP contribution in [0.3, 0.4) is 0 Å². The van der Waals surface area contributed by atoms with Crippen LogP contribution in [0.4, 0.5) is 0 Å². The highest BCUT2D eigenvalue weighted by atomic mass is 16.5. The molecule has 2 saturated carbocycles. The Balaban J connectivity index is 1.32. The number of ether oxygens (including phenoxy) is 1. The van der Waals surface area contributed by atoms with E-state index in [1.54, 1.807) is 24.3 Å². The Labute approximate surface area is 159 Å². The predicted molar refractivity (Wildman–Crippen MR) is 99.2 cm³/mol. The molecule has 5 rings (SSSR count). The number of aliphatic hydroxyl groups is 1. The third kappa shape index (κ3) is 2.18. The fourth-order valence-electron chi connectivity index (χ4n) is 6.53. The minimum Gasteiger partial charge on any atom is -0.392 e. The first-order valence-corrected chi connectivity index (χ1v) is 10.1. The third-order valence-electron chi connectivity index (χ3n) is 8.07. The lowest BCUT2D eigenvalue weighted by Gasteiger charge is -2.51. The molecule has 0 radical (unpaired) electrons. The van der Waals surface area contributed by atoms with Gasteiger partial charge in [-0.1, -0.05) is 26.0 Å². The Morgan fingerprint density at radius 2 is 1.85 bits per heavy atom. The molecule has 2 aliphatic heterocycles. The number of fused-ring (bicyclic) bond motifs is 2. The van der Waals surface area contributed by atoms with Gasteiger partial charge >= 0.3 is 0 Å². The third-order valence-corrected chi connectivity index (χ3v) is 8.07. The van der Waals surface area contributed by atoms with E-state index in [4.69, 9.17) is 4.74 Å². The van der Waals surface area contributed by atoms with Gasteiger partial charge in [0.2, 0.25) is 0 Å². The number of amides is 2. The number of aliphatic hydroxyl groups excluding tert-OH is 1. The molecule has 2 aliphatic carbocycles. The molecule has 5 atom stereocenters. The maximum Gasteiger partial charge on any atom is 0.261 e. The molecular weight excluding hydrogens is 342 g/mol. The average molecular weight is 369 g/mol. The largest absolute Gasteiger partial charge is 0.392 e. The van der Waals surface area contributed by atoms with E-state index in [-0.39, 0.29) is 34.9 Å². The first-order valence-electron chi connectivity index (χ1n) is 10.1. The number of carbonyl (C=O) groups excluding carboxylic acids is 2. The number of hydrogen-bond donors (Lipinski definition) is 1. The number of imide groups is 1. The maximum absolute atomic E-state index is 12.6. The van der Waals surface area contributed by atoms with Crippen molar-refractivity contribution in [3.8, 4) is 0 Å². The van der Waals surface area contributed by atoms with Gasteiger partial charge in [0.05, 0.1) is 23.3 Å². The molecule has 5 heteroatoms. The maximum atomic E-state index is 12.6. The van der Waals surface area contributed by atoms with Gasteiger partial charge in [-0.15, -0.1) is 0 Å². The molecule has 144 valence electrons. The van der Waals surface area contributed by atoms with Crippen molar-refractivity contribution < 1.29 is 19.4 Å². The molecule has 27 heavy (non-hydrogen) atoms. The van der Waals surface area contributed by atoms with E-state index in [2.05, 4.69) is 13.8 Å². The predicted octanol–water partition coefficient (Wildman–Crippen LogP) is 2.87. The zero-order valence-electron chi connectivity index (χ0n) is 16.0. The van der Waals surface area contributed by atoms with Gasteiger partial charge in [0, 0.05) is 18.6 Å². The Bertz CT molecular complexity index is 783. The highest BCUT2D eigenvalue weighted by molar-refractivity contribution is 6.21. The topological polar surface area (TPSA) is 66.8 Å². The van der Waals surface area contributed by atoms with Gasteiger partial charge in [-0.05, 0) is 55.1 Å². The molecule has 5 nitrogen and oxygen atoms in total. The normalized spacial score (nSPS) is 39.0. The molecule has 1 aromatic carbocycles. The summed E-state index contributed by atoms with van der Waals surface area (Å²) in [5.74, 6) is 0.459. The standard InChI is InChI=1S/C22H27NO4/c1-21(2)13-11-16-17(27-10-8-22(16,12-13)20(21)26)7-9-23-18(24)14-5-3-4-6-15(14)19(23)25/h3-6,13,16-17,20,26H,7-12H2,1-2H3/t13-,16-,17-,20-,22+/m1/s1. The van der Waals surface area contributed by atoms with E-state index in [0.717, 1.165) is 19.3 Å². The average Bonchev–Trinajstić information content (AvgIpc) is 3.23. The monoisotopic (exact) mass is 369 g/mol. The number of benzene rings is 1. The zero-order valence-corrected chi connectivity index (χ0v) is 16.0. The van der Waals surface area contributed by atoms with Crippen molar-refractivity contribution in [1.82, 2.24) is 4.90 Å². The summed E-state index contributed by atoms with van der Waals surface area (Å²) in [6, 6.07) is 7.02. The number of hydrogen-bond acceptors (Lipinski definition) is 4. The first-order chi connectivity index (χ1) is 12.9. The highest BCUT2D eigenvalue weighted by Crippen LogP contribution is 2.68. The second kappa shape index (κ2) is 5.65. The lowest BCUT2D eigenvalue weighted by molar-refractivity contribution is -0.163. The van der Waals surface area contributed by atoms with E-state index in [9.17, 15) is 14.7 Å². The van der Waals surface area contributed by atoms with Crippen LogP contribution in [-0.4, -0.2) is 47.2 Å². The number of rotatable bonds is 3. The SMILES string of the molecule is CC1(C)[C@@H]2C[C@@H]3[C@@H](CCN4C(=O)c5ccccc5C4=O)OCC[C@@]3(C2)[C@@H]1O. The van der Waals surface area contributed by atoms with Crippen molar-refractivity contribution in [2.75, 3.05) is 13.2 Å². The van der Waals surface area contributed by atoms with E-state index < -0.39 is 0 Å². The Hall–Kier alpha value is -1.72. The van der Waals surface area contributed by atoms with Crippen LogP contribution < -0.4 is 0 Å². The van der Waals surface area contributed by atoms with Crippen LogP contribution in [0, 0.1) is 22.7 Å². The minimum atomic E-state index is -0.292. The van der Waals surface area contributed by atoms with E-state index in [1.165, 1.54) is 4.90 Å². The van der Waals surface area contributed by atoms with E-state index in [1.807, 2.05) is 0 Å². The molecular formula is C22H27NO4. The fraction of sp³-hybridized carbons (Fsp3) is 0.636. The highest BCUT2D eigenvalue weighted by Gasteiger charge is 2.67. The van der Waals surface area contributed by atoms with Gasteiger partial charge in [0.1, 0.15) is 0 Å². The number of nitrogens with zero attached hydrogens (tertiary/aromatic N) is 1. The summed E-state index contributed by atoms with van der Waals surface area (Å²) in [6.45, 7) is 5.42. The summed E-state index contributed by atoms with van der Waals surface area (Å²) in [5.41, 5.74) is 0.932. The zero-order chi connectivity index (χ0) is 19.0. The molecule has 2 bridgehead atoms. The Morgan fingerprint density at radius 1 is 1.19 bits per heavy atom. The van der Waals surface area contributed by atoms with Crippen LogP contribution in [0.2, 0.25) is 0 Å². The smallest absolute Gasteiger partial charge is 0.261 e. The minimum absolute atomic E-state index is 0.0128. The second-order valence-electron chi connectivity index (χ2n) is 9.46. The summed E-state index contributed by atoms with van der Waals surface area (Å²) < 4.78 is 6.10. The summed E-state index contributed by atoms with van der Waals surface area (Å²) in [6.07, 6.45) is 3.45. The van der Waals surface area contributed by atoms with Crippen LogP contribution >= 0.6 is 0 Å². The van der Waals surface area contributed by atoms with Crippen molar-refractivity contribution in [1.29, 1.82) is 0 Å². The van der Waals surface area contributed by atoms with Gasteiger partial charge < -0.3 is 9.84 Å². The van der Waals surface area contributed by atoms with Gasteiger partial charge in [-0.2, -0.15) is 0 Å². The van der Waals surface area contributed by atoms with Crippen molar-refractivity contribution in [2.45, 2.75) is 51.7 Å². The van der Waals surface area contributed by atoms with Gasteiger partial charge in [0.25, 0.3) is 11.8 Å². The van der Waals surface area contributed by atoms with Gasteiger partial charge in [-0.25, -0.2) is 0 Å². The van der Waals surface area contributed by atoms with E-state index >= 15 is 0 Å². The molecule has 1 saturated heterocycles. The van der Waals surface area contributed by atoms with Crippen LogP contribution in [0.15, 0.2) is 24.3 Å². The molecule has 0 unspecified atom stereocenters. The Morgan fingerprint density at radius 3 is 2.48 bits per heavy atom. The summed E-state index contributed by atoms with van der Waals surface area (Å²) in [7, 11) is 0. The number of carbonyl (C=O) groups is 2. The van der Waals surface area contributed by atoms with Crippen molar-refractivity contribution in [3.63, 3.8) is 0 Å². The Kier molecular flexibility index (Phi) is 3.63. The van der Waals surface area contributed by atoms with Crippen LogP contribution in [-0.2, 0) is 4.74 Å². The lowest BCUT2D eigenvalue weighted by atomic mass is 9.60. The van der Waals surface area contributed by atoms with Crippen LogP contribution in [0.25, 0.3) is 0 Å². The van der Waals surface area contributed by atoms with Gasteiger partial charge in [-0.3, -0.25) is 14.5 Å². The molecule has 2 amide bonds. The molecule has 0 aromatic heterocycles. The van der Waals surface area contributed by atoms with E-state index in [0.29, 0.717) is 42.5 Å². The summed E-state index contributed by atoms with van der Waals surface area (Å²) >= 11 is 0. The van der Waals surface area contributed by atoms with Crippen molar-refractivity contribution in [3.05, 3.63) is 35.4 Å². The quantitative estimate of drug-likeness (QED) is 0.832. The summed E-state index contributed by atoms with van der Waals surface area (Å²) in [4.78, 5) is 26.6. The van der Waals surface area contributed by atoms with Crippen LogP contribution in [0.5, 0.6) is 0 Å². The molecule has 2 heterocycles. The van der Waals surface area contributed by atoms with Crippen molar-refractivity contribution in [2.24, 2.45) is 22.7 Å². The molecule has 1 aromatic rings. The lowest BCUT2D eigenvalue weighted by Crippen LogP contribution is -2.54. The van der Waals surface area contributed by atoms with Crippen LogP contribution in [0.1, 0.15) is 60.2 Å².